The van der Waals surface area contributed by atoms with Gasteiger partial charge in [0.05, 0.1) is 5.69 Å². The molecule has 3 heterocycles. The molecule has 0 unspecified atom stereocenters. The van der Waals surface area contributed by atoms with Crippen molar-refractivity contribution in [2.45, 2.75) is 0 Å². The Labute approximate surface area is 144 Å². The van der Waals surface area contributed by atoms with Crippen LogP contribution in [0.5, 0.6) is 0 Å². The van der Waals surface area contributed by atoms with Crippen molar-refractivity contribution in [2.24, 2.45) is 0 Å². The Hall–Kier alpha value is -3.47. The number of benzene rings is 1. The van der Waals surface area contributed by atoms with Crippen molar-refractivity contribution >= 4 is 0 Å². The fraction of sp³-hybridized carbons (Fsp3) is 0. The van der Waals surface area contributed by atoms with Crippen LogP contribution >= 0.6 is 0 Å². The summed E-state index contributed by atoms with van der Waals surface area (Å²) in [6.45, 7) is 0. The van der Waals surface area contributed by atoms with E-state index in [1.54, 1.807) is 43.1 Å². The van der Waals surface area contributed by atoms with Crippen molar-refractivity contribution in [3.8, 4) is 33.8 Å². The van der Waals surface area contributed by atoms with Crippen molar-refractivity contribution in [1.82, 2.24) is 19.9 Å². The van der Waals surface area contributed by atoms with Crippen LogP contribution in [-0.4, -0.2) is 19.9 Å². The van der Waals surface area contributed by atoms with Gasteiger partial charge in [0.15, 0.2) is 5.82 Å². The van der Waals surface area contributed by atoms with Crippen LogP contribution in [-0.2, 0) is 0 Å². The number of hydrogen-bond donors (Lipinski definition) is 0. The van der Waals surface area contributed by atoms with E-state index < -0.39 is 0 Å². The van der Waals surface area contributed by atoms with Gasteiger partial charge in [-0.25, -0.2) is 14.4 Å². The molecule has 0 fully saturated rings. The maximum atomic E-state index is 13.3. The van der Waals surface area contributed by atoms with E-state index in [4.69, 9.17) is 4.98 Å². The number of pyridine rings is 2. The molecule has 4 rings (SSSR count). The van der Waals surface area contributed by atoms with Crippen LogP contribution in [0.2, 0.25) is 0 Å². The van der Waals surface area contributed by atoms with Crippen molar-refractivity contribution in [2.75, 3.05) is 0 Å². The minimum absolute atomic E-state index is 0.275. The van der Waals surface area contributed by atoms with Crippen LogP contribution in [0.4, 0.5) is 4.39 Å². The summed E-state index contributed by atoms with van der Waals surface area (Å²) in [4.78, 5) is 17.3. The van der Waals surface area contributed by atoms with Gasteiger partial charge in [-0.2, -0.15) is 0 Å². The molecule has 0 aliphatic carbocycles. The summed E-state index contributed by atoms with van der Waals surface area (Å²) in [5.74, 6) is 0.337. The summed E-state index contributed by atoms with van der Waals surface area (Å²) in [6.07, 6.45) is 8.62. The topological polar surface area (TPSA) is 51.6 Å². The summed E-state index contributed by atoms with van der Waals surface area (Å²) in [5.41, 5.74) is 4.28. The zero-order valence-corrected chi connectivity index (χ0v) is 13.2. The highest BCUT2D eigenvalue weighted by atomic mass is 19.1. The van der Waals surface area contributed by atoms with E-state index in [0.29, 0.717) is 5.82 Å². The number of hydrogen-bond acceptors (Lipinski definition) is 4. The fourth-order valence-corrected chi connectivity index (χ4v) is 2.59. The molecule has 120 valence electrons. The summed E-state index contributed by atoms with van der Waals surface area (Å²) in [6, 6.07) is 13.8. The minimum atomic E-state index is -0.275. The highest BCUT2D eigenvalue weighted by molar-refractivity contribution is 5.81. The van der Waals surface area contributed by atoms with Crippen LogP contribution in [0.15, 0.2) is 79.5 Å². The lowest BCUT2D eigenvalue weighted by Gasteiger charge is -2.11. The Bertz CT molecular complexity index is 987. The Balaban J connectivity index is 1.91. The molecule has 0 aliphatic heterocycles. The smallest absolute Gasteiger partial charge is 0.159 e. The number of rotatable bonds is 3. The molecule has 0 spiro atoms. The van der Waals surface area contributed by atoms with Gasteiger partial charge in [0, 0.05) is 47.7 Å². The Morgan fingerprint density at radius 1 is 0.640 bits per heavy atom. The summed E-state index contributed by atoms with van der Waals surface area (Å²) >= 11 is 0. The fourth-order valence-electron chi connectivity index (χ4n) is 2.59. The molecule has 0 saturated heterocycles. The molecule has 5 heteroatoms. The van der Waals surface area contributed by atoms with Crippen LogP contribution in [0.25, 0.3) is 33.8 Å². The second-order valence-electron chi connectivity index (χ2n) is 5.43. The van der Waals surface area contributed by atoms with E-state index in [1.165, 1.54) is 12.1 Å². The Kier molecular flexibility index (Phi) is 3.96. The molecule has 0 bridgehead atoms. The standard InChI is InChI=1S/C20H13FN4/c21-17-3-1-14(2-4-17)18-13-24-20(16-7-11-23-12-8-16)25-19(18)15-5-9-22-10-6-15/h1-13H. The van der Waals surface area contributed by atoms with Crippen molar-refractivity contribution in [3.63, 3.8) is 0 Å². The van der Waals surface area contributed by atoms with Crippen LogP contribution in [0.1, 0.15) is 0 Å². The molecule has 0 atom stereocenters. The highest BCUT2D eigenvalue weighted by Gasteiger charge is 2.12. The van der Waals surface area contributed by atoms with Crippen LogP contribution in [0.3, 0.4) is 0 Å². The lowest BCUT2D eigenvalue weighted by atomic mass is 10.0. The molecule has 0 radical (unpaired) electrons. The zero-order valence-electron chi connectivity index (χ0n) is 13.2. The maximum Gasteiger partial charge on any atom is 0.159 e. The first-order valence-corrected chi connectivity index (χ1v) is 7.75. The predicted molar refractivity (Wildman–Crippen MR) is 93.9 cm³/mol. The average molecular weight is 328 g/mol. The molecule has 4 nitrogen and oxygen atoms in total. The van der Waals surface area contributed by atoms with E-state index >= 15 is 0 Å². The van der Waals surface area contributed by atoms with Gasteiger partial charge in [0.1, 0.15) is 5.82 Å². The normalized spacial score (nSPS) is 10.6. The molecule has 25 heavy (non-hydrogen) atoms. The molecular formula is C20H13FN4. The molecule has 0 saturated carbocycles. The lowest BCUT2D eigenvalue weighted by molar-refractivity contribution is 0.628. The second kappa shape index (κ2) is 6.57. The van der Waals surface area contributed by atoms with Gasteiger partial charge < -0.3 is 0 Å². The molecule has 3 aromatic heterocycles. The summed E-state index contributed by atoms with van der Waals surface area (Å²) in [5, 5.41) is 0. The first kappa shape index (κ1) is 15.1. The first-order valence-electron chi connectivity index (χ1n) is 7.75. The third kappa shape index (κ3) is 3.12. The van der Waals surface area contributed by atoms with E-state index in [2.05, 4.69) is 15.0 Å². The predicted octanol–water partition coefficient (Wildman–Crippen LogP) is 4.41. The van der Waals surface area contributed by atoms with Gasteiger partial charge >= 0.3 is 0 Å². The van der Waals surface area contributed by atoms with E-state index in [-0.39, 0.29) is 5.82 Å². The third-order valence-corrected chi connectivity index (χ3v) is 3.84. The minimum Gasteiger partial charge on any atom is -0.265 e. The SMILES string of the molecule is Fc1ccc(-c2cnc(-c3ccncc3)nc2-c2ccncc2)cc1. The van der Waals surface area contributed by atoms with Crippen LogP contribution < -0.4 is 0 Å². The lowest BCUT2D eigenvalue weighted by Crippen LogP contribution is -1.96. The van der Waals surface area contributed by atoms with Crippen LogP contribution in [0, 0.1) is 5.82 Å². The molecule has 0 amide bonds. The molecule has 1 aromatic carbocycles. The Morgan fingerprint density at radius 3 is 1.88 bits per heavy atom. The summed E-state index contributed by atoms with van der Waals surface area (Å²) in [7, 11) is 0. The maximum absolute atomic E-state index is 13.3. The Morgan fingerprint density at radius 2 is 1.24 bits per heavy atom. The van der Waals surface area contributed by atoms with Gasteiger partial charge in [0.2, 0.25) is 0 Å². The van der Waals surface area contributed by atoms with E-state index in [9.17, 15) is 4.39 Å². The summed E-state index contributed by atoms with van der Waals surface area (Å²) < 4.78 is 13.3. The van der Waals surface area contributed by atoms with E-state index in [1.807, 2.05) is 24.3 Å². The number of nitrogens with zero attached hydrogens (tertiary/aromatic N) is 4. The zero-order chi connectivity index (χ0) is 17.1. The quantitative estimate of drug-likeness (QED) is 0.559. The van der Waals surface area contributed by atoms with Gasteiger partial charge in [0.25, 0.3) is 0 Å². The number of aromatic nitrogens is 4. The van der Waals surface area contributed by atoms with Gasteiger partial charge in [-0.15, -0.1) is 0 Å². The second-order valence-corrected chi connectivity index (χ2v) is 5.43. The average Bonchev–Trinajstić information content (AvgIpc) is 2.70. The molecule has 0 aliphatic rings. The highest BCUT2D eigenvalue weighted by Crippen LogP contribution is 2.31. The van der Waals surface area contributed by atoms with Gasteiger partial charge in [-0.1, -0.05) is 12.1 Å². The molecular weight excluding hydrogens is 315 g/mol. The van der Waals surface area contributed by atoms with Crippen molar-refractivity contribution in [1.29, 1.82) is 0 Å². The number of halogens is 1. The van der Waals surface area contributed by atoms with E-state index in [0.717, 1.165) is 27.9 Å². The molecule has 0 N–H and O–H groups in total. The van der Waals surface area contributed by atoms with Gasteiger partial charge in [-0.05, 0) is 42.0 Å². The van der Waals surface area contributed by atoms with Crippen molar-refractivity contribution < 1.29 is 4.39 Å². The third-order valence-electron chi connectivity index (χ3n) is 3.84. The molecule has 4 aromatic rings. The monoisotopic (exact) mass is 328 g/mol. The van der Waals surface area contributed by atoms with Crippen molar-refractivity contribution in [3.05, 3.63) is 85.3 Å². The van der Waals surface area contributed by atoms with Gasteiger partial charge in [-0.3, -0.25) is 9.97 Å². The first-order chi connectivity index (χ1) is 12.3. The largest absolute Gasteiger partial charge is 0.265 e.